The normalized spacial score (nSPS) is 10.8. The lowest BCUT2D eigenvalue weighted by Gasteiger charge is -2.23. The van der Waals surface area contributed by atoms with Gasteiger partial charge in [-0.3, -0.25) is 9.69 Å². The number of carbonyl (C=O) groups is 1. The predicted molar refractivity (Wildman–Crippen MR) is 152 cm³/mol. The summed E-state index contributed by atoms with van der Waals surface area (Å²) in [7, 11) is 3.44. The van der Waals surface area contributed by atoms with E-state index in [1.165, 1.54) is 0 Å². The van der Waals surface area contributed by atoms with Gasteiger partial charge < -0.3 is 14.6 Å². The van der Waals surface area contributed by atoms with Gasteiger partial charge in [-0.05, 0) is 62.3 Å². The van der Waals surface area contributed by atoms with E-state index in [9.17, 15) is 4.79 Å². The van der Waals surface area contributed by atoms with Crippen LogP contribution in [0, 0.1) is 0 Å². The van der Waals surface area contributed by atoms with Gasteiger partial charge in [-0.15, -0.1) is 0 Å². The first kappa shape index (κ1) is 27.9. The standard InChI is InChI=1S/C28H33N5O2.C2H6/c1-5-16-33(17-6-2)19-21-14-13-20(18-25(21)35-4)28(34)32(3)24-12-8-7-10-22(24)26-30-23-11-9-15-29-27(23)31-26;1-2/h7-15,18H,5-6,16-17,19H2,1-4H3,(H,29,30,31);1-2H3. The number of aromatic nitrogens is 3. The van der Waals surface area contributed by atoms with Crippen LogP contribution in [-0.2, 0) is 6.54 Å². The fourth-order valence-electron chi connectivity index (χ4n) is 4.39. The number of nitrogens with one attached hydrogen (secondary N) is 1. The summed E-state index contributed by atoms with van der Waals surface area (Å²) in [5.74, 6) is 1.29. The highest BCUT2D eigenvalue weighted by Gasteiger charge is 2.20. The topological polar surface area (TPSA) is 74.4 Å². The molecule has 0 atom stereocenters. The lowest BCUT2D eigenvalue weighted by Crippen LogP contribution is -2.27. The Morgan fingerprint density at radius 2 is 1.73 bits per heavy atom. The minimum Gasteiger partial charge on any atom is -0.496 e. The zero-order chi connectivity index (χ0) is 26.8. The van der Waals surface area contributed by atoms with E-state index in [0.29, 0.717) is 17.0 Å². The van der Waals surface area contributed by atoms with Crippen LogP contribution in [0.2, 0.25) is 0 Å². The van der Waals surface area contributed by atoms with Crippen molar-refractivity contribution in [3.63, 3.8) is 0 Å². The van der Waals surface area contributed by atoms with Gasteiger partial charge in [0.05, 0.1) is 18.3 Å². The number of para-hydroxylation sites is 1. The Balaban J connectivity index is 0.00000186. The third-order valence-electron chi connectivity index (χ3n) is 6.09. The number of imidazole rings is 1. The second-order valence-electron chi connectivity index (χ2n) is 8.64. The summed E-state index contributed by atoms with van der Waals surface area (Å²) in [6.45, 7) is 11.3. The van der Waals surface area contributed by atoms with Gasteiger partial charge in [0.25, 0.3) is 5.91 Å². The third kappa shape index (κ3) is 6.54. The quantitative estimate of drug-likeness (QED) is 0.266. The van der Waals surface area contributed by atoms with Crippen LogP contribution in [-0.4, -0.2) is 53.0 Å². The van der Waals surface area contributed by atoms with E-state index in [0.717, 1.165) is 60.6 Å². The average Bonchev–Trinajstić information content (AvgIpc) is 3.38. The molecule has 1 N–H and O–H groups in total. The molecular weight excluding hydrogens is 462 g/mol. The number of rotatable bonds is 10. The molecule has 1 amide bonds. The second-order valence-corrected chi connectivity index (χ2v) is 8.64. The van der Waals surface area contributed by atoms with Gasteiger partial charge in [-0.1, -0.05) is 45.9 Å². The number of H-pyrrole nitrogens is 1. The molecule has 0 spiro atoms. The van der Waals surface area contributed by atoms with E-state index < -0.39 is 0 Å². The number of ether oxygens (including phenoxy) is 1. The van der Waals surface area contributed by atoms with Gasteiger partial charge in [0.15, 0.2) is 5.65 Å². The molecular formula is C30H39N5O2. The maximum Gasteiger partial charge on any atom is 0.258 e. The first-order valence-electron chi connectivity index (χ1n) is 13.1. The van der Waals surface area contributed by atoms with E-state index in [4.69, 9.17) is 4.74 Å². The van der Waals surface area contributed by atoms with Crippen molar-refractivity contribution >= 4 is 22.8 Å². The zero-order valence-electron chi connectivity index (χ0n) is 22.9. The molecule has 0 saturated carbocycles. The van der Waals surface area contributed by atoms with Crippen molar-refractivity contribution in [3.8, 4) is 17.1 Å². The number of aromatic amines is 1. The molecule has 4 rings (SSSR count). The zero-order valence-corrected chi connectivity index (χ0v) is 22.9. The first-order chi connectivity index (χ1) is 18.0. The Labute approximate surface area is 220 Å². The van der Waals surface area contributed by atoms with Crippen molar-refractivity contribution in [2.75, 3.05) is 32.1 Å². The molecule has 0 unspecified atom stereocenters. The van der Waals surface area contributed by atoms with E-state index in [2.05, 4.69) is 33.7 Å². The summed E-state index contributed by atoms with van der Waals surface area (Å²) >= 11 is 0. The molecule has 4 aromatic rings. The molecule has 7 nitrogen and oxygen atoms in total. The number of anilines is 1. The van der Waals surface area contributed by atoms with Crippen molar-refractivity contribution in [1.29, 1.82) is 0 Å². The van der Waals surface area contributed by atoms with E-state index in [-0.39, 0.29) is 5.91 Å². The van der Waals surface area contributed by atoms with Crippen molar-refractivity contribution in [3.05, 3.63) is 71.9 Å². The van der Waals surface area contributed by atoms with Crippen molar-refractivity contribution in [2.24, 2.45) is 0 Å². The maximum atomic E-state index is 13.5. The number of benzene rings is 2. The largest absolute Gasteiger partial charge is 0.496 e. The number of carbonyl (C=O) groups excluding carboxylic acids is 1. The lowest BCUT2D eigenvalue weighted by molar-refractivity contribution is 0.0992. The number of nitrogens with zero attached hydrogens (tertiary/aromatic N) is 4. The van der Waals surface area contributed by atoms with Gasteiger partial charge in [0.1, 0.15) is 11.6 Å². The van der Waals surface area contributed by atoms with Gasteiger partial charge >= 0.3 is 0 Å². The number of hydrogen-bond donors (Lipinski definition) is 1. The number of amides is 1. The molecule has 0 aliphatic heterocycles. The molecule has 2 heterocycles. The van der Waals surface area contributed by atoms with E-state index in [1.54, 1.807) is 25.3 Å². The van der Waals surface area contributed by atoms with Crippen LogP contribution in [0.5, 0.6) is 5.75 Å². The molecule has 0 bridgehead atoms. The third-order valence-corrected chi connectivity index (χ3v) is 6.09. The van der Waals surface area contributed by atoms with Crippen molar-refractivity contribution in [1.82, 2.24) is 19.9 Å². The molecule has 196 valence electrons. The maximum absolute atomic E-state index is 13.5. The Morgan fingerprint density at radius 1 is 1.00 bits per heavy atom. The Morgan fingerprint density at radius 3 is 2.41 bits per heavy atom. The van der Waals surface area contributed by atoms with Crippen LogP contribution in [0.3, 0.4) is 0 Å². The lowest BCUT2D eigenvalue weighted by atomic mass is 10.1. The SMILES string of the molecule is CC.CCCN(CCC)Cc1ccc(C(=O)N(C)c2ccccc2-c2nc3ncccc3[nH]2)cc1OC. The monoisotopic (exact) mass is 501 g/mol. The summed E-state index contributed by atoms with van der Waals surface area (Å²) in [5, 5.41) is 0. The van der Waals surface area contributed by atoms with Crippen LogP contribution < -0.4 is 9.64 Å². The number of fused-ring (bicyclic) bond motifs is 1. The van der Waals surface area contributed by atoms with Crippen LogP contribution in [0.4, 0.5) is 5.69 Å². The fraction of sp³-hybridized carbons (Fsp3) is 0.367. The van der Waals surface area contributed by atoms with Crippen LogP contribution in [0.25, 0.3) is 22.6 Å². The summed E-state index contributed by atoms with van der Waals surface area (Å²) < 4.78 is 5.69. The second kappa shape index (κ2) is 13.6. The van der Waals surface area contributed by atoms with Crippen molar-refractivity contribution in [2.45, 2.75) is 47.1 Å². The summed E-state index contributed by atoms with van der Waals surface area (Å²) in [5.41, 5.74) is 4.76. The minimum atomic E-state index is -0.115. The highest BCUT2D eigenvalue weighted by atomic mass is 16.5. The molecule has 7 heteroatoms. The van der Waals surface area contributed by atoms with Gasteiger partial charge in [-0.25, -0.2) is 9.97 Å². The molecule has 37 heavy (non-hydrogen) atoms. The number of pyridine rings is 1. The first-order valence-corrected chi connectivity index (χ1v) is 13.1. The van der Waals surface area contributed by atoms with E-state index >= 15 is 0 Å². The average molecular weight is 502 g/mol. The van der Waals surface area contributed by atoms with Gasteiger partial charge in [0.2, 0.25) is 0 Å². The molecule has 2 aromatic carbocycles. The minimum absolute atomic E-state index is 0.115. The Kier molecular flexibility index (Phi) is 10.2. The predicted octanol–water partition coefficient (Wildman–Crippen LogP) is 6.56. The summed E-state index contributed by atoms with van der Waals surface area (Å²) in [4.78, 5) is 29.9. The molecule has 0 radical (unpaired) electrons. The number of methoxy groups -OCH3 is 1. The van der Waals surface area contributed by atoms with Crippen molar-refractivity contribution < 1.29 is 9.53 Å². The highest BCUT2D eigenvalue weighted by molar-refractivity contribution is 6.07. The molecule has 0 saturated heterocycles. The summed E-state index contributed by atoms with van der Waals surface area (Å²) in [6, 6.07) is 17.3. The van der Waals surface area contributed by atoms with Crippen LogP contribution in [0.1, 0.15) is 56.5 Å². The van der Waals surface area contributed by atoms with Gasteiger partial charge in [-0.2, -0.15) is 0 Å². The molecule has 0 aliphatic carbocycles. The molecule has 2 aromatic heterocycles. The Bertz CT molecular complexity index is 1260. The smallest absolute Gasteiger partial charge is 0.258 e. The number of hydrogen-bond acceptors (Lipinski definition) is 5. The molecule has 0 aliphatic rings. The fourth-order valence-corrected chi connectivity index (χ4v) is 4.39. The Hall–Kier alpha value is -3.71. The van der Waals surface area contributed by atoms with Crippen LogP contribution in [0.15, 0.2) is 60.8 Å². The van der Waals surface area contributed by atoms with Crippen LogP contribution >= 0.6 is 0 Å². The molecule has 0 fully saturated rings. The van der Waals surface area contributed by atoms with E-state index in [1.807, 2.05) is 68.4 Å². The highest BCUT2D eigenvalue weighted by Crippen LogP contribution is 2.31. The van der Waals surface area contributed by atoms with Gasteiger partial charge in [0, 0.05) is 36.5 Å². The summed E-state index contributed by atoms with van der Waals surface area (Å²) in [6.07, 6.45) is 3.92.